The SMILES string of the molecule is CCC(C)(Oc1ccc(F)cc1F)C(=O)Nc1nc(CC(=O)O)cs1. The first kappa shape index (κ1) is 18.8. The van der Waals surface area contributed by atoms with Gasteiger partial charge in [-0.05, 0) is 25.5 Å². The van der Waals surface area contributed by atoms with E-state index in [0.29, 0.717) is 11.8 Å². The van der Waals surface area contributed by atoms with Gasteiger partial charge in [0.05, 0.1) is 12.1 Å². The molecule has 2 rings (SSSR count). The Kier molecular flexibility index (Phi) is 5.68. The maximum atomic E-state index is 13.8. The molecule has 1 amide bonds. The lowest BCUT2D eigenvalue weighted by Crippen LogP contribution is -2.45. The number of ether oxygens (including phenoxy) is 1. The average molecular weight is 370 g/mol. The van der Waals surface area contributed by atoms with Gasteiger partial charge < -0.3 is 9.84 Å². The van der Waals surface area contributed by atoms with Crippen molar-refractivity contribution < 1.29 is 28.2 Å². The third-order valence-electron chi connectivity index (χ3n) is 3.49. The van der Waals surface area contributed by atoms with Crippen molar-refractivity contribution in [2.75, 3.05) is 5.32 Å². The van der Waals surface area contributed by atoms with Crippen LogP contribution in [0.25, 0.3) is 0 Å². The van der Waals surface area contributed by atoms with Gasteiger partial charge in [-0.3, -0.25) is 14.9 Å². The van der Waals surface area contributed by atoms with Crippen LogP contribution in [0, 0.1) is 11.6 Å². The van der Waals surface area contributed by atoms with E-state index >= 15 is 0 Å². The minimum absolute atomic E-state index is 0.211. The number of carboxylic acids is 1. The fraction of sp³-hybridized carbons (Fsp3) is 0.312. The molecule has 0 radical (unpaired) electrons. The lowest BCUT2D eigenvalue weighted by Gasteiger charge is -2.28. The average Bonchev–Trinajstić information content (AvgIpc) is 2.96. The van der Waals surface area contributed by atoms with Crippen molar-refractivity contribution in [2.45, 2.75) is 32.3 Å². The topological polar surface area (TPSA) is 88.5 Å². The molecule has 0 saturated heterocycles. The number of aromatic nitrogens is 1. The number of carboxylic acid groups (broad SMARTS) is 1. The number of carbonyl (C=O) groups is 2. The summed E-state index contributed by atoms with van der Waals surface area (Å²) < 4.78 is 32.2. The Bertz CT molecular complexity index is 796. The Labute approximate surface area is 146 Å². The summed E-state index contributed by atoms with van der Waals surface area (Å²) in [6, 6.07) is 2.81. The fourth-order valence-electron chi connectivity index (χ4n) is 1.91. The molecule has 1 heterocycles. The molecule has 0 saturated carbocycles. The molecule has 0 aliphatic heterocycles. The molecule has 0 bridgehead atoms. The molecule has 1 aromatic carbocycles. The highest BCUT2D eigenvalue weighted by Gasteiger charge is 2.35. The van der Waals surface area contributed by atoms with Crippen LogP contribution < -0.4 is 10.1 Å². The largest absolute Gasteiger partial charge is 0.481 e. The molecule has 6 nitrogen and oxygen atoms in total. The van der Waals surface area contributed by atoms with Gasteiger partial charge >= 0.3 is 5.97 Å². The first-order valence-electron chi connectivity index (χ1n) is 7.35. The predicted octanol–water partition coefficient (Wildman–Crippen LogP) is 3.23. The van der Waals surface area contributed by atoms with Crippen LogP contribution in [-0.4, -0.2) is 27.6 Å². The van der Waals surface area contributed by atoms with Crippen molar-refractivity contribution >= 4 is 28.3 Å². The molecule has 0 fully saturated rings. The second-order valence-electron chi connectivity index (χ2n) is 5.43. The van der Waals surface area contributed by atoms with Crippen LogP contribution in [0.15, 0.2) is 23.6 Å². The van der Waals surface area contributed by atoms with E-state index in [1.165, 1.54) is 12.3 Å². The summed E-state index contributed by atoms with van der Waals surface area (Å²) in [5.74, 6) is -3.51. The molecule has 1 unspecified atom stereocenters. The van der Waals surface area contributed by atoms with Crippen LogP contribution in [0.1, 0.15) is 26.0 Å². The number of amides is 1. The van der Waals surface area contributed by atoms with Crippen LogP contribution in [0.5, 0.6) is 5.75 Å². The summed E-state index contributed by atoms with van der Waals surface area (Å²) >= 11 is 1.07. The summed E-state index contributed by atoms with van der Waals surface area (Å²) in [6.07, 6.45) is -0.0439. The third-order valence-corrected chi connectivity index (χ3v) is 4.30. The molecule has 25 heavy (non-hydrogen) atoms. The Morgan fingerprint density at radius 3 is 2.72 bits per heavy atom. The standard InChI is InChI=1S/C16H16F2N2O4S/c1-3-16(2,24-12-5-4-9(17)6-11(12)18)14(23)20-15-19-10(8-25-15)7-13(21)22/h4-6,8H,3,7H2,1-2H3,(H,21,22)(H,19,20,23). The summed E-state index contributed by atoms with van der Waals surface area (Å²) in [7, 11) is 0. The van der Waals surface area contributed by atoms with E-state index in [0.717, 1.165) is 23.5 Å². The van der Waals surface area contributed by atoms with Crippen molar-refractivity contribution in [1.82, 2.24) is 4.98 Å². The summed E-state index contributed by atoms with van der Waals surface area (Å²) in [4.78, 5) is 27.2. The number of aliphatic carboxylic acids is 1. The monoisotopic (exact) mass is 370 g/mol. The summed E-state index contributed by atoms with van der Waals surface area (Å²) in [6.45, 7) is 3.15. The van der Waals surface area contributed by atoms with E-state index in [-0.39, 0.29) is 23.7 Å². The maximum absolute atomic E-state index is 13.8. The number of nitrogens with one attached hydrogen (secondary N) is 1. The van der Waals surface area contributed by atoms with Crippen molar-refractivity contribution in [3.05, 3.63) is 40.9 Å². The molecular weight excluding hydrogens is 354 g/mol. The highest BCUT2D eigenvalue weighted by molar-refractivity contribution is 7.13. The number of hydrogen-bond acceptors (Lipinski definition) is 5. The van der Waals surface area contributed by atoms with Gasteiger partial charge in [-0.2, -0.15) is 0 Å². The minimum Gasteiger partial charge on any atom is -0.481 e. The number of benzene rings is 1. The van der Waals surface area contributed by atoms with Crippen LogP contribution in [0.4, 0.5) is 13.9 Å². The summed E-state index contributed by atoms with van der Waals surface area (Å²) in [5.41, 5.74) is -1.10. The molecule has 0 spiro atoms. The van der Waals surface area contributed by atoms with E-state index in [1.807, 2.05) is 0 Å². The molecule has 134 valence electrons. The number of hydrogen-bond donors (Lipinski definition) is 2. The Morgan fingerprint density at radius 2 is 2.12 bits per heavy atom. The fourth-order valence-corrected chi connectivity index (χ4v) is 2.61. The molecule has 2 aromatic rings. The first-order chi connectivity index (χ1) is 11.7. The van der Waals surface area contributed by atoms with Gasteiger partial charge in [0.1, 0.15) is 5.82 Å². The highest BCUT2D eigenvalue weighted by atomic mass is 32.1. The van der Waals surface area contributed by atoms with Gasteiger partial charge in [0.25, 0.3) is 5.91 Å². The van der Waals surface area contributed by atoms with Gasteiger partial charge in [-0.15, -0.1) is 11.3 Å². The minimum atomic E-state index is -1.42. The van der Waals surface area contributed by atoms with Crippen molar-refractivity contribution in [3.8, 4) is 5.75 Å². The van der Waals surface area contributed by atoms with E-state index < -0.39 is 29.1 Å². The van der Waals surface area contributed by atoms with Crippen molar-refractivity contribution in [2.24, 2.45) is 0 Å². The van der Waals surface area contributed by atoms with E-state index in [9.17, 15) is 18.4 Å². The maximum Gasteiger partial charge on any atom is 0.309 e. The van der Waals surface area contributed by atoms with E-state index in [4.69, 9.17) is 9.84 Å². The van der Waals surface area contributed by atoms with E-state index in [2.05, 4.69) is 10.3 Å². The second-order valence-corrected chi connectivity index (χ2v) is 6.29. The van der Waals surface area contributed by atoms with Gasteiger partial charge in [0.15, 0.2) is 22.3 Å². The number of thiazole rings is 1. The predicted molar refractivity (Wildman–Crippen MR) is 87.8 cm³/mol. The summed E-state index contributed by atoms with van der Waals surface area (Å²) in [5, 5.41) is 13.0. The van der Waals surface area contributed by atoms with Gasteiger partial charge in [-0.1, -0.05) is 6.92 Å². The molecule has 1 atom stereocenters. The van der Waals surface area contributed by atoms with Crippen molar-refractivity contribution in [1.29, 1.82) is 0 Å². The van der Waals surface area contributed by atoms with Crippen LogP contribution >= 0.6 is 11.3 Å². The molecule has 1 aromatic heterocycles. The zero-order valence-corrected chi connectivity index (χ0v) is 14.3. The zero-order valence-electron chi connectivity index (χ0n) is 13.5. The first-order valence-corrected chi connectivity index (χ1v) is 8.23. The normalized spacial score (nSPS) is 13.1. The van der Waals surface area contributed by atoms with Gasteiger partial charge in [0.2, 0.25) is 0 Å². The van der Waals surface area contributed by atoms with Gasteiger partial charge in [0, 0.05) is 11.4 Å². The molecule has 9 heteroatoms. The van der Waals surface area contributed by atoms with Crippen LogP contribution in [0.3, 0.4) is 0 Å². The second kappa shape index (κ2) is 7.56. The van der Waals surface area contributed by atoms with E-state index in [1.54, 1.807) is 6.92 Å². The van der Waals surface area contributed by atoms with Crippen molar-refractivity contribution in [3.63, 3.8) is 0 Å². The molecular formula is C16H16F2N2O4S. The number of nitrogens with zero attached hydrogens (tertiary/aromatic N) is 1. The van der Waals surface area contributed by atoms with Crippen LogP contribution in [0.2, 0.25) is 0 Å². The Balaban J connectivity index is 2.13. The zero-order chi connectivity index (χ0) is 18.6. The number of halogens is 2. The number of rotatable bonds is 7. The lowest BCUT2D eigenvalue weighted by molar-refractivity contribution is -0.136. The smallest absolute Gasteiger partial charge is 0.309 e. The molecule has 0 aliphatic carbocycles. The Hall–Kier alpha value is -2.55. The van der Waals surface area contributed by atoms with Gasteiger partial charge in [-0.25, -0.2) is 13.8 Å². The number of carbonyl (C=O) groups excluding carboxylic acids is 1. The lowest BCUT2D eigenvalue weighted by atomic mass is 10.0. The number of anilines is 1. The highest BCUT2D eigenvalue weighted by Crippen LogP contribution is 2.27. The molecule has 2 N–H and O–H groups in total. The van der Waals surface area contributed by atoms with Crippen LogP contribution in [-0.2, 0) is 16.0 Å². The molecule has 0 aliphatic rings. The Morgan fingerprint density at radius 1 is 1.40 bits per heavy atom. The quantitative estimate of drug-likeness (QED) is 0.781. The third kappa shape index (κ3) is 4.72.